The molecule has 7 rings (SSSR count). The van der Waals surface area contributed by atoms with Gasteiger partial charge in [-0.25, -0.2) is 14.8 Å². The summed E-state index contributed by atoms with van der Waals surface area (Å²) in [5, 5.41) is 6.56. The molecule has 4 aliphatic rings. The van der Waals surface area contributed by atoms with Crippen molar-refractivity contribution in [3.8, 4) is 5.75 Å². The fraction of sp³-hybridized carbons (Fsp3) is 0.379. The van der Waals surface area contributed by atoms with Crippen LogP contribution in [0.4, 0.5) is 5.69 Å². The molecule has 1 aromatic heterocycles. The minimum Gasteiger partial charge on any atom is -0.473 e. The second kappa shape index (κ2) is 8.82. The molecule has 5 atom stereocenters. The molecule has 0 radical (unpaired) electrons. The van der Waals surface area contributed by atoms with Gasteiger partial charge in [-0.3, -0.25) is 4.79 Å². The number of oxazole rings is 1. The number of rotatable bonds is 3. The zero-order chi connectivity index (χ0) is 27.8. The van der Waals surface area contributed by atoms with Gasteiger partial charge in [0.15, 0.2) is 23.7 Å². The number of nitrogens with two attached hydrogens (primary N) is 1. The average molecular weight is 544 g/mol. The Morgan fingerprint density at radius 2 is 2.00 bits per heavy atom. The van der Waals surface area contributed by atoms with E-state index in [2.05, 4.69) is 15.6 Å². The Morgan fingerprint density at radius 3 is 2.80 bits per heavy atom. The summed E-state index contributed by atoms with van der Waals surface area (Å²) in [6.07, 6.45) is -0.216. The first kappa shape index (κ1) is 24.6. The van der Waals surface area contributed by atoms with E-state index < -0.39 is 35.7 Å². The number of ether oxygens (including phenoxy) is 3. The maximum absolute atomic E-state index is 13.2. The van der Waals surface area contributed by atoms with Crippen molar-refractivity contribution in [1.29, 1.82) is 0 Å². The second-order valence-corrected chi connectivity index (χ2v) is 10.9. The molecule has 1 unspecified atom stereocenters. The van der Waals surface area contributed by atoms with Gasteiger partial charge in [0.1, 0.15) is 23.8 Å². The fourth-order valence-electron chi connectivity index (χ4n) is 6.12. The van der Waals surface area contributed by atoms with E-state index in [4.69, 9.17) is 29.3 Å². The van der Waals surface area contributed by atoms with E-state index >= 15 is 0 Å². The Balaban J connectivity index is 1.54. The first-order valence-corrected chi connectivity index (χ1v) is 13.3. The molecule has 11 heteroatoms. The number of benzene rings is 2. The van der Waals surface area contributed by atoms with Crippen LogP contribution in [0.1, 0.15) is 53.9 Å². The van der Waals surface area contributed by atoms with E-state index in [0.717, 1.165) is 22.4 Å². The monoisotopic (exact) mass is 543 g/mol. The third kappa shape index (κ3) is 3.40. The molecule has 4 N–H and O–H groups in total. The van der Waals surface area contributed by atoms with Crippen LogP contribution in [0.2, 0.25) is 0 Å². The summed E-state index contributed by atoms with van der Waals surface area (Å²) in [6.45, 7) is 3.95. The number of esters is 1. The van der Waals surface area contributed by atoms with E-state index in [1.165, 1.54) is 7.11 Å². The highest BCUT2D eigenvalue weighted by molar-refractivity contribution is 5.98. The smallest absolute Gasteiger partial charge is 0.334 e. The van der Waals surface area contributed by atoms with Crippen LogP contribution in [0.5, 0.6) is 5.75 Å². The summed E-state index contributed by atoms with van der Waals surface area (Å²) >= 11 is 0. The van der Waals surface area contributed by atoms with Crippen LogP contribution in [0, 0.1) is 5.92 Å². The van der Waals surface area contributed by atoms with Gasteiger partial charge in [-0.05, 0) is 35.6 Å². The largest absolute Gasteiger partial charge is 0.473 e. The van der Waals surface area contributed by atoms with Crippen molar-refractivity contribution < 1.29 is 28.2 Å². The van der Waals surface area contributed by atoms with Gasteiger partial charge in [0.2, 0.25) is 17.7 Å². The first-order chi connectivity index (χ1) is 19.3. The maximum atomic E-state index is 13.2. The zero-order valence-electron chi connectivity index (χ0n) is 22.3. The van der Waals surface area contributed by atoms with Gasteiger partial charge in [0.05, 0.1) is 13.2 Å². The van der Waals surface area contributed by atoms with E-state index in [1.54, 1.807) is 0 Å². The number of nitrogens with one attached hydrogen (secondary N) is 2. The lowest BCUT2D eigenvalue weighted by atomic mass is 9.72. The number of para-hydroxylation sites is 1. The summed E-state index contributed by atoms with van der Waals surface area (Å²) in [5.74, 6) is 0.697. The highest BCUT2D eigenvalue weighted by Crippen LogP contribution is 2.58. The third-order valence-corrected chi connectivity index (χ3v) is 8.10. The van der Waals surface area contributed by atoms with Crippen LogP contribution in [0.3, 0.4) is 0 Å². The number of amides is 1. The summed E-state index contributed by atoms with van der Waals surface area (Å²) in [6, 6.07) is 11.6. The highest BCUT2D eigenvalue weighted by atomic mass is 16.5. The lowest BCUT2D eigenvalue weighted by Gasteiger charge is -2.28. The van der Waals surface area contributed by atoms with Crippen molar-refractivity contribution >= 4 is 23.5 Å². The van der Waals surface area contributed by atoms with Gasteiger partial charge >= 0.3 is 5.97 Å². The second-order valence-electron chi connectivity index (χ2n) is 10.9. The first-order valence-electron chi connectivity index (χ1n) is 13.3. The van der Waals surface area contributed by atoms with Crippen molar-refractivity contribution in [2.75, 3.05) is 19.0 Å². The molecule has 206 valence electrons. The Hall–Kier alpha value is -4.38. The molecular formula is C29H29N5O6. The molecule has 0 aliphatic carbocycles. The highest BCUT2D eigenvalue weighted by Gasteiger charge is 2.61. The normalized spacial score (nSPS) is 27.7. The van der Waals surface area contributed by atoms with Crippen molar-refractivity contribution in [1.82, 2.24) is 10.3 Å². The van der Waals surface area contributed by atoms with Crippen molar-refractivity contribution in [3.05, 3.63) is 76.5 Å². The lowest BCUT2D eigenvalue weighted by Crippen LogP contribution is -2.45. The van der Waals surface area contributed by atoms with Gasteiger partial charge in [0, 0.05) is 11.3 Å². The number of hydrogen-bond acceptors (Lipinski definition) is 10. The van der Waals surface area contributed by atoms with Gasteiger partial charge in [-0.2, -0.15) is 0 Å². The Morgan fingerprint density at radius 1 is 1.18 bits per heavy atom. The number of carbonyl (C=O) groups is 2. The SMILES string of the molecule is COC(=O)[C@@H]1COC(c2nc3oc2[C@@]24c5ccccc5NC2Oc2ccc(cc24)C[C@H](N)C(=O)N[C@H]3C(C)C)=N1. The fourth-order valence-corrected chi connectivity index (χ4v) is 6.12. The summed E-state index contributed by atoms with van der Waals surface area (Å²) in [4.78, 5) is 34.9. The Labute approximate surface area is 230 Å². The number of hydrogen-bond donors (Lipinski definition) is 3. The molecule has 3 aromatic rings. The minimum absolute atomic E-state index is 0.0192. The van der Waals surface area contributed by atoms with Crippen LogP contribution in [-0.4, -0.2) is 54.8 Å². The molecule has 1 amide bonds. The van der Waals surface area contributed by atoms with Crippen molar-refractivity contribution in [3.63, 3.8) is 0 Å². The standard InChI is InChI=1S/C29H29N5O6/c1-13(2)21-26-34-22(25-31-19(12-38-25)27(36)37-3)23(40-26)29-15-6-4-5-7-18(15)32-28(29)39-20-9-8-14(10-16(20)29)11-17(30)24(35)33-21/h4-10,13,17,19,21,28,32H,11-12,30H2,1-3H3,(H,33,35)/t17-,19-,21-,28?,29-/m0/s1. The number of aromatic nitrogens is 1. The number of nitrogens with zero attached hydrogens (tertiary/aromatic N) is 2. The Bertz CT molecular complexity index is 1580. The van der Waals surface area contributed by atoms with E-state index in [-0.39, 0.29) is 30.2 Å². The molecule has 0 fully saturated rings. The van der Waals surface area contributed by atoms with E-state index in [1.807, 2.05) is 56.3 Å². The van der Waals surface area contributed by atoms with Gasteiger partial charge < -0.3 is 35.0 Å². The molecule has 0 saturated heterocycles. The molecule has 40 heavy (non-hydrogen) atoms. The summed E-state index contributed by atoms with van der Waals surface area (Å²) in [7, 11) is 1.31. The van der Waals surface area contributed by atoms with Gasteiger partial charge in [-0.15, -0.1) is 0 Å². The predicted octanol–water partition coefficient (Wildman–Crippen LogP) is 2.17. The Kier molecular flexibility index (Phi) is 5.43. The lowest BCUT2D eigenvalue weighted by molar-refractivity contribution is -0.142. The molecular weight excluding hydrogens is 514 g/mol. The molecule has 4 aliphatic heterocycles. The molecule has 5 heterocycles. The number of fused-ring (bicyclic) bond motifs is 4. The van der Waals surface area contributed by atoms with Crippen molar-refractivity contribution in [2.45, 2.75) is 50.0 Å². The number of methoxy groups -OCH3 is 1. The molecule has 4 bridgehead atoms. The van der Waals surface area contributed by atoms with Crippen LogP contribution in [-0.2, 0) is 30.9 Å². The van der Waals surface area contributed by atoms with Crippen molar-refractivity contribution in [2.24, 2.45) is 16.6 Å². The number of carbonyl (C=O) groups excluding carboxylic acids is 2. The average Bonchev–Trinajstić information content (AvgIpc) is 3.71. The summed E-state index contributed by atoms with van der Waals surface area (Å²) in [5.41, 5.74) is 9.34. The minimum atomic E-state index is -0.966. The molecule has 11 nitrogen and oxygen atoms in total. The van der Waals surface area contributed by atoms with E-state index in [9.17, 15) is 9.59 Å². The molecule has 1 spiro atoms. The van der Waals surface area contributed by atoms with Gasteiger partial charge in [-0.1, -0.05) is 44.2 Å². The zero-order valence-corrected chi connectivity index (χ0v) is 22.3. The third-order valence-electron chi connectivity index (χ3n) is 8.10. The maximum Gasteiger partial charge on any atom is 0.334 e. The van der Waals surface area contributed by atoms with Gasteiger partial charge in [0.25, 0.3) is 0 Å². The molecule has 0 saturated carbocycles. The van der Waals surface area contributed by atoms with Crippen LogP contribution in [0.15, 0.2) is 51.9 Å². The number of anilines is 1. The quantitative estimate of drug-likeness (QED) is 0.422. The number of aliphatic imine (C=N–C) groups is 1. The topological polar surface area (TPSA) is 150 Å². The van der Waals surface area contributed by atoms with Crippen LogP contribution >= 0.6 is 0 Å². The van der Waals surface area contributed by atoms with Crippen LogP contribution in [0.25, 0.3) is 0 Å². The molecule has 2 aromatic carbocycles. The van der Waals surface area contributed by atoms with Crippen LogP contribution < -0.4 is 21.1 Å². The predicted molar refractivity (Wildman–Crippen MR) is 143 cm³/mol. The van der Waals surface area contributed by atoms with E-state index in [0.29, 0.717) is 23.6 Å². The summed E-state index contributed by atoms with van der Waals surface area (Å²) < 4.78 is 24.1.